The number of methoxy groups -OCH3 is 1. The summed E-state index contributed by atoms with van der Waals surface area (Å²) in [6.45, 7) is 0. The number of hydrogen-bond acceptors (Lipinski definition) is 5. The maximum Gasteiger partial charge on any atom is 0.283 e. The molecule has 8 heteroatoms. The molecule has 0 unspecified atom stereocenters. The minimum atomic E-state index is -0.459. The van der Waals surface area contributed by atoms with E-state index < -0.39 is 11.8 Å². The van der Waals surface area contributed by atoms with Crippen LogP contribution in [0, 0.1) is 0 Å². The normalized spacial score (nSPS) is 13.7. The fourth-order valence-electron chi connectivity index (χ4n) is 3.00. The van der Waals surface area contributed by atoms with Gasteiger partial charge < -0.3 is 10.1 Å². The first-order chi connectivity index (χ1) is 15.0. The molecule has 1 aliphatic heterocycles. The van der Waals surface area contributed by atoms with Gasteiger partial charge in [0.1, 0.15) is 16.4 Å². The third-order valence-corrected chi connectivity index (χ3v) is 6.08. The molecule has 0 saturated heterocycles. The van der Waals surface area contributed by atoms with Crippen molar-refractivity contribution < 1.29 is 14.3 Å². The standard InChI is InChI=1S/C23H16Cl2N2O3S/c1-30-18-9-7-16(8-10-18)26-20-21(31-19-11-5-14(24)6-12-19)23(29)27(22(20)28)17-4-2-3-15(25)13-17/h2-13,26H,1H3. The second-order valence-electron chi connectivity index (χ2n) is 6.54. The summed E-state index contributed by atoms with van der Waals surface area (Å²) in [5.41, 5.74) is 1.25. The van der Waals surface area contributed by atoms with Crippen LogP contribution in [0.5, 0.6) is 5.75 Å². The Bertz CT molecular complexity index is 1180. The Balaban J connectivity index is 1.73. The number of nitrogens with zero attached hydrogens (tertiary/aromatic N) is 1. The number of hydrogen-bond donors (Lipinski definition) is 1. The predicted molar refractivity (Wildman–Crippen MR) is 125 cm³/mol. The van der Waals surface area contributed by atoms with Gasteiger partial charge in [-0.15, -0.1) is 0 Å². The smallest absolute Gasteiger partial charge is 0.283 e. The van der Waals surface area contributed by atoms with Crippen LogP contribution in [-0.2, 0) is 9.59 Å². The molecule has 156 valence electrons. The highest BCUT2D eigenvalue weighted by molar-refractivity contribution is 8.04. The molecule has 1 N–H and O–H groups in total. The lowest BCUT2D eigenvalue weighted by Gasteiger charge is -2.15. The second-order valence-corrected chi connectivity index (χ2v) is 8.50. The van der Waals surface area contributed by atoms with E-state index in [1.807, 2.05) is 0 Å². The molecule has 0 saturated carbocycles. The van der Waals surface area contributed by atoms with Gasteiger partial charge in [0.2, 0.25) is 0 Å². The fraction of sp³-hybridized carbons (Fsp3) is 0.0435. The molecule has 0 atom stereocenters. The van der Waals surface area contributed by atoms with E-state index in [0.717, 1.165) is 9.80 Å². The monoisotopic (exact) mass is 470 g/mol. The highest BCUT2D eigenvalue weighted by Gasteiger charge is 2.40. The molecule has 1 heterocycles. The van der Waals surface area contributed by atoms with Crippen molar-refractivity contribution in [2.24, 2.45) is 0 Å². The van der Waals surface area contributed by atoms with Crippen molar-refractivity contribution in [2.75, 3.05) is 17.3 Å². The summed E-state index contributed by atoms with van der Waals surface area (Å²) in [5.74, 6) is -0.201. The van der Waals surface area contributed by atoms with E-state index in [9.17, 15) is 9.59 Å². The number of carbonyl (C=O) groups is 2. The van der Waals surface area contributed by atoms with Crippen molar-refractivity contribution >= 4 is 58.2 Å². The Kier molecular flexibility index (Phi) is 6.23. The molecule has 31 heavy (non-hydrogen) atoms. The number of rotatable bonds is 6. The van der Waals surface area contributed by atoms with Gasteiger partial charge in [-0.25, -0.2) is 4.90 Å². The zero-order valence-electron chi connectivity index (χ0n) is 16.3. The third kappa shape index (κ3) is 4.56. The van der Waals surface area contributed by atoms with E-state index in [2.05, 4.69) is 5.32 Å². The van der Waals surface area contributed by atoms with Crippen molar-refractivity contribution in [2.45, 2.75) is 4.90 Å². The molecule has 3 aromatic carbocycles. The van der Waals surface area contributed by atoms with Crippen LogP contribution in [0.3, 0.4) is 0 Å². The lowest BCUT2D eigenvalue weighted by Crippen LogP contribution is -2.32. The number of benzene rings is 3. The zero-order chi connectivity index (χ0) is 22.0. The first-order valence-corrected chi connectivity index (χ1v) is 10.8. The second kappa shape index (κ2) is 9.06. The Morgan fingerprint density at radius 1 is 0.871 bits per heavy atom. The average molecular weight is 471 g/mol. The SMILES string of the molecule is COc1ccc(NC2=C(Sc3ccc(Cl)cc3)C(=O)N(c3cccc(Cl)c3)C2=O)cc1. The van der Waals surface area contributed by atoms with Crippen LogP contribution in [0.2, 0.25) is 10.0 Å². The van der Waals surface area contributed by atoms with Crippen LogP contribution >= 0.6 is 35.0 Å². The maximum absolute atomic E-state index is 13.3. The highest BCUT2D eigenvalue weighted by atomic mass is 35.5. The molecule has 1 aliphatic rings. The summed E-state index contributed by atoms with van der Waals surface area (Å²) >= 11 is 13.3. The fourth-order valence-corrected chi connectivity index (χ4v) is 4.24. The first kappa shape index (κ1) is 21.3. The van der Waals surface area contributed by atoms with Gasteiger partial charge in [-0.3, -0.25) is 9.59 Å². The van der Waals surface area contributed by atoms with E-state index >= 15 is 0 Å². The zero-order valence-corrected chi connectivity index (χ0v) is 18.6. The van der Waals surface area contributed by atoms with Gasteiger partial charge in [0.15, 0.2) is 0 Å². The molecule has 0 fully saturated rings. The Morgan fingerprint density at radius 3 is 2.23 bits per heavy atom. The summed E-state index contributed by atoms with van der Waals surface area (Å²) < 4.78 is 5.18. The topological polar surface area (TPSA) is 58.6 Å². The molecule has 0 aromatic heterocycles. The molecule has 0 aliphatic carbocycles. The molecule has 4 rings (SSSR count). The molecular weight excluding hydrogens is 455 g/mol. The predicted octanol–water partition coefficient (Wildman–Crippen LogP) is 5.99. The van der Waals surface area contributed by atoms with Crippen molar-refractivity contribution in [1.29, 1.82) is 0 Å². The van der Waals surface area contributed by atoms with Gasteiger partial charge in [0, 0.05) is 20.6 Å². The van der Waals surface area contributed by atoms with Crippen molar-refractivity contribution in [3.05, 3.63) is 93.4 Å². The van der Waals surface area contributed by atoms with E-state index in [1.54, 1.807) is 79.9 Å². The number of imide groups is 1. The van der Waals surface area contributed by atoms with E-state index in [4.69, 9.17) is 27.9 Å². The molecular formula is C23H16Cl2N2O3S. The molecule has 0 radical (unpaired) electrons. The van der Waals surface area contributed by atoms with Crippen LogP contribution in [-0.4, -0.2) is 18.9 Å². The number of halogens is 2. The summed E-state index contributed by atoms with van der Waals surface area (Å²) in [5, 5.41) is 4.12. The average Bonchev–Trinajstić information content (AvgIpc) is 2.99. The summed E-state index contributed by atoms with van der Waals surface area (Å²) in [6, 6.07) is 20.8. The van der Waals surface area contributed by atoms with Crippen LogP contribution < -0.4 is 15.0 Å². The molecule has 0 bridgehead atoms. The summed E-state index contributed by atoms with van der Waals surface area (Å²) in [6.07, 6.45) is 0. The van der Waals surface area contributed by atoms with Crippen LogP contribution in [0.25, 0.3) is 0 Å². The molecule has 0 spiro atoms. The Morgan fingerprint density at radius 2 is 1.58 bits per heavy atom. The number of amides is 2. The van der Waals surface area contributed by atoms with E-state index in [-0.39, 0.29) is 10.6 Å². The number of ether oxygens (including phenoxy) is 1. The minimum absolute atomic E-state index is 0.190. The van der Waals surface area contributed by atoms with Gasteiger partial charge in [-0.1, -0.05) is 41.0 Å². The Labute approximate surface area is 193 Å². The van der Waals surface area contributed by atoms with Gasteiger partial charge in [0.05, 0.1) is 12.8 Å². The molecule has 5 nitrogen and oxygen atoms in total. The van der Waals surface area contributed by atoms with Crippen molar-refractivity contribution in [3.63, 3.8) is 0 Å². The maximum atomic E-state index is 13.3. The summed E-state index contributed by atoms with van der Waals surface area (Å²) in [4.78, 5) is 28.8. The molecule has 3 aromatic rings. The lowest BCUT2D eigenvalue weighted by molar-refractivity contribution is -0.120. The van der Waals surface area contributed by atoms with Crippen LogP contribution in [0.1, 0.15) is 0 Å². The number of carbonyl (C=O) groups excluding carboxylic acids is 2. The van der Waals surface area contributed by atoms with Crippen LogP contribution in [0.4, 0.5) is 11.4 Å². The number of nitrogens with one attached hydrogen (secondary N) is 1. The lowest BCUT2D eigenvalue weighted by atomic mass is 10.2. The largest absolute Gasteiger partial charge is 0.497 e. The van der Waals surface area contributed by atoms with E-state index in [1.165, 1.54) is 11.8 Å². The minimum Gasteiger partial charge on any atom is -0.497 e. The summed E-state index contributed by atoms with van der Waals surface area (Å²) in [7, 11) is 1.58. The van der Waals surface area contributed by atoms with E-state index in [0.29, 0.717) is 27.2 Å². The van der Waals surface area contributed by atoms with Gasteiger partial charge in [-0.05, 0) is 66.7 Å². The molecule has 2 amide bonds. The third-order valence-electron chi connectivity index (χ3n) is 4.50. The van der Waals surface area contributed by atoms with Gasteiger partial charge >= 0.3 is 0 Å². The Hall–Kier alpha value is -2.93. The van der Waals surface area contributed by atoms with Crippen LogP contribution in [0.15, 0.2) is 88.3 Å². The van der Waals surface area contributed by atoms with Crippen molar-refractivity contribution in [1.82, 2.24) is 0 Å². The highest BCUT2D eigenvalue weighted by Crippen LogP contribution is 2.38. The van der Waals surface area contributed by atoms with Crippen molar-refractivity contribution in [3.8, 4) is 5.75 Å². The van der Waals surface area contributed by atoms with Gasteiger partial charge in [0.25, 0.3) is 11.8 Å². The number of anilines is 2. The quantitative estimate of drug-likeness (QED) is 0.448. The number of thioether (sulfide) groups is 1. The first-order valence-electron chi connectivity index (χ1n) is 9.19. The van der Waals surface area contributed by atoms with Gasteiger partial charge in [-0.2, -0.15) is 0 Å².